The fourth-order valence-electron chi connectivity index (χ4n) is 1.08. The van der Waals surface area contributed by atoms with Crippen molar-refractivity contribution >= 4 is 11.9 Å². The van der Waals surface area contributed by atoms with Crippen LogP contribution in [0.2, 0.25) is 0 Å². The molecule has 0 bridgehead atoms. The van der Waals surface area contributed by atoms with Crippen LogP contribution in [0.5, 0.6) is 0 Å². The van der Waals surface area contributed by atoms with E-state index >= 15 is 0 Å². The molecule has 1 atom stereocenters. The number of hydrogen-bond donors (Lipinski definition) is 2. The van der Waals surface area contributed by atoms with Crippen LogP contribution in [0, 0.1) is 5.92 Å². The van der Waals surface area contributed by atoms with Gasteiger partial charge in [0, 0.05) is 18.4 Å². The maximum atomic E-state index is 11.4. The second kappa shape index (κ2) is 5.85. The van der Waals surface area contributed by atoms with Gasteiger partial charge in [-0.3, -0.25) is 14.6 Å². The molecule has 0 aromatic carbocycles. The van der Waals surface area contributed by atoms with Crippen molar-refractivity contribution in [2.75, 3.05) is 6.54 Å². The monoisotopic (exact) mass is 222 g/mol. The summed E-state index contributed by atoms with van der Waals surface area (Å²) in [5.74, 6) is -1.71. The summed E-state index contributed by atoms with van der Waals surface area (Å²) in [4.78, 5) is 25.9. The maximum absolute atomic E-state index is 11.4. The minimum atomic E-state index is -0.918. The largest absolute Gasteiger partial charge is 0.481 e. The first-order valence-electron chi connectivity index (χ1n) is 4.99. The van der Waals surface area contributed by atoms with Gasteiger partial charge in [0.1, 0.15) is 0 Å². The molecule has 1 heterocycles. The van der Waals surface area contributed by atoms with Gasteiger partial charge in [-0.2, -0.15) is 0 Å². The lowest BCUT2D eigenvalue weighted by molar-refractivity contribution is -0.141. The van der Waals surface area contributed by atoms with Crippen molar-refractivity contribution in [1.29, 1.82) is 0 Å². The van der Waals surface area contributed by atoms with Gasteiger partial charge < -0.3 is 10.4 Å². The number of carbonyl (C=O) groups is 2. The molecule has 1 unspecified atom stereocenters. The van der Waals surface area contributed by atoms with Gasteiger partial charge in [-0.25, -0.2) is 0 Å². The molecule has 0 saturated heterocycles. The van der Waals surface area contributed by atoms with E-state index in [1.807, 2.05) is 0 Å². The van der Waals surface area contributed by atoms with Gasteiger partial charge in [-0.1, -0.05) is 13.0 Å². The van der Waals surface area contributed by atoms with Crippen molar-refractivity contribution in [3.63, 3.8) is 0 Å². The quantitative estimate of drug-likeness (QED) is 0.758. The number of nitrogens with one attached hydrogen (secondary N) is 1. The SMILES string of the molecule is CC(CNC(=O)Cc1ccccn1)C(=O)O. The third kappa shape index (κ3) is 4.08. The molecule has 86 valence electrons. The zero-order valence-corrected chi connectivity index (χ0v) is 9.01. The summed E-state index contributed by atoms with van der Waals surface area (Å²) in [6.07, 6.45) is 1.79. The highest BCUT2D eigenvalue weighted by molar-refractivity contribution is 5.79. The molecule has 0 spiro atoms. The predicted molar refractivity (Wildman–Crippen MR) is 57.8 cm³/mol. The van der Waals surface area contributed by atoms with E-state index in [4.69, 9.17) is 5.11 Å². The van der Waals surface area contributed by atoms with Crippen molar-refractivity contribution in [1.82, 2.24) is 10.3 Å². The lowest BCUT2D eigenvalue weighted by Crippen LogP contribution is -2.32. The van der Waals surface area contributed by atoms with Crippen LogP contribution >= 0.6 is 0 Å². The summed E-state index contributed by atoms with van der Waals surface area (Å²) in [7, 11) is 0. The van der Waals surface area contributed by atoms with Crippen LogP contribution in [-0.2, 0) is 16.0 Å². The zero-order chi connectivity index (χ0) is 12.0. The summed E-state index contributed by atoms with van der Waals surface area (Å²) in [6, 6.07) is 5.32. The Balaban J connectivity index is 2.35. The standard InChI is InChI=1S/C11H14N2O3/c1-8(11(15)16)7-13-10(14)6-9-4-2-3-5-12-9/h2-5,8H,6-7H2,1H3,(H,13,14)(H,15,16). The average Bonchev–Trinajstić information content (AvgIpc) is 2.27. The van der Waals surface area contributed by atoms with Crippen LogP contribution in [0.25, 0.3) is 0 Å². The topological polar surface area (TPSA) is 79.3 Å². The number of rotatable bonds is 5. The fourth-order valence-corrected chi connectivity index (χ4v) is 1.08. The smallest absolute Gasteiger partial charge is 0.308 e. The summed E-state index contributed by atoms with van der Waals surface area (Å²) in [5.41, 5.74) is 0.669. The second-order valence-corrected chi connectivity index (χ2v) is 3.54. The molecule has 5 nitrogen and oxygen atoms in total. The molecular formula is C11H14N2O3. The Kier molecular flexibility index (Phi) is 4.44. The lowest BCUT2D eigenvalue weighted by Gasteiger charge is -2.07. The van der Waals surface area contributed by atoms with Crippen LogP contribution in [0.3, 0.4) is 0 Å². The van der Waals surface area contributed by atoms with Crippen LogP contribution in [0.4, 0.5) is 0 Å². The van der Waals surface area contributed by atoms with Gasteiger partial charge in [-0.15, -0.1) is 0 Å². The molecule has 0 saturated carbocycles. The van der Waals surface area contributed by atoms with E-state index in [1.165, 1.54) is 0 Å². The highest BCUT2D eigenvalue weighted by Crippen LogP contribution is 1.96. The number of carboxylic acid groups (broad SMARTS) is 1. The van der Waals surface area contributed by atoms with E-state index in [1.54, 1.807) is 31.3 Å². The molecule has 1 aromatic rings. The average molecular weight is 222 g/mol. The van der Waals surface area contributed by atoms with Gasteiger partial charge in [-0.05, 0) is 12.1 Å². The Bertz CT molecular complexity index is 365. The summed E-state index contributed by atoms with van der Waals surface area (Å²) in [6.45, 7) is 1.68. The lowest BCUT2D eigenvalue weighted by atomic mass is 10.2. The second-order valence-electron chi connectivity index (χ2n) is 3.54. The molecule has 2 N–H and O–H groups in total. The Morgan fingerprint density at radius 1 is 1.50 bits per heavy atom. The van der Waals surface area contributed by atoms with E-state index in [0.29, 0.717) is 5.69 Å². The molecule has 1 rings (SSSR count). The van der Waals surface area contributed by atoms with E-state index in [2.05, 4.69) is 10.3 Å². The van der Waals surface area contributed by atoms with Crippen molar-refractivity contribution in [3.05, 3.63) is 30.1 Å². The number of hydrogen-bond acceptors (Lipinski definition) is 3. The van der Waals surface area contributed by atoms with E-state index < -0.39 is 11.9 Å². The third-order valence-corrected chi connectivity index (χ3v) is 2.09. The number of aromatic nitrogens is 1. The number of nitrogens with zero attached hydrogens (tertiary/aromatic N) is 1. The Morgan fingerprint density at radius 3 is 2.81 bits per heavy atom. The third-order valence-electron chi connectivity index (χ3n) is 2.09. The highest BCUT2D eigenvalue weighted by Gasteiger charge is 2.12. The van der Waals surface area contributed by atoms with E-state index in [0.717, 1.165) is 0 Å². The summed E-state index contributed by atoms with van der Waals surface area (Å²) < 4.78 is 0. The Labute approximate surface area is 93.5 Å². The first kappa shape index (κ1) is 12.2. The molecule has 0 aliphatic rings. The fraction of sp³-hybridized carbons (Fsp3) is 0.364. The van der Waals surface area contributed by atoms with Gasteiger partial charge in [0.2, 0.25) is 5.91 Å². The molecule has 1 aromatic heterocycles. The Morgan fingerprint density at radius 2 is 2.25 bits per heavy atom. The van der Waals surface area contributed by atoms with E-state index in [9.17, 15) is 9.59 Å². The van der Waals surface area contributed by atoms with Crippen molar-refractivity contribution in [2.45, 2.75) is 13.3 Å². The van der Waals surface area contributed by atoms with Crippen molar-refractivity contribution in [3.8, 4) is 0 Å². The van der Waals surface area contributed by atoms with Gasteiger partial charge >= 0.3 is 5.97 Å². The number of amides is 1. The zero-order valence-electron chi connectivity index (χ0n) is 9.01. The molecule has 16 heavy (non-hydrogen) atoms. The molecule has 0 radical (unpaired) electrons. The highest BCUT2D eigenvalue weighted by atomic mass is 16.4. The van der Waals surface area contributed by atoms with Crippen LogP contribution in [-0.4, -0.2) is 28.5 Å². The number of carbonyl (C=O) groups excluding carboxylic acids is 1. The predicted octanol–water partition coefficient (Wildman–Crippen LogP) is 0.461. The van der Waals surface area contributed by atoms with Crippen LogP contribution in [0.15, 0.2) is 24.4 Å². The normalized spacial score (nSPS) is 11.8. The van der Waals surface area contributed by atoms with Crippen LogP contribution < -0.4 is 5.32 Å². The van der Waals surface area contributed by atoms with Gasteiger partial charge in [0.15, 0.2) is 0 Å². The summed E-state index contributed by atoms with van der Waals surface area (Å²) in [5, 5.41) is 11.2. The summed E-state index contributed by atoms with van der Waals surface area (Å²) >= 11 is 0. The maximum Gasteiger partial charge on any atom is 0.308 e. The minimum Gasteiger partial charge on any atom is -0.481 e. The molecule has 1 amide bonds. The molecule has 0 fully saturated rings. The Hall–Kier alpha value is -1.91. The molecular weight excluding hydrogens is 208 g/mol. The first-order chi connectivity index (χ1) is 7.59. The molecule has 0 aliphatic carbocycles. The van der Waals surface area contributed by atoms with Gasteiger partial charge in [0.25, 0.3) is 0 Å². The number of aliphatic carboxylic acids is 1. The number of pyridine rings is 1. The molecule has 0 aliphatic heterocycles. The van der Waals surface area contributed by atoms with Crippen molar-refractivity contribution < 1.29 is 14.7 Å². The van der Waals surface area contributed by atoms with E-state index in [-0.39, 0.29) is 18.9 Å². The number of carboxylic acids is 1. The molecule has 5 heteroatoms. The van der Waals surface area contributed by atoms with Crippen LogP contribution in [0.1, 0.15) is 12.6 Å². The van der Waals surface area contributed by atoms with Gasteiger partial charge in [0.05, 0.1) is 12.3 Å². The minimum absolute atomic E-state index is 0.140. The first-order valence-corrected chi connectivity index (χ1v) is 4.99. The van der Waals surface area contributed by atoms with Crippen molar-refractivity contribution in [2.24, 2.45) is 5.92 Å².